The van der Waals surface area contributed by atoms with Gasteiger partial charge in [-0.25, -0.2) is 0 Å². The highest BCUT2D eigenvalue weighted by Crippen LogP contribution is 2.03. The van der Waals surface area contributed by atoms with Crippen LogP contribution in [0.5, 0.6) is 0 Å². The zero-order valence-electron chi connectivity index (χ0n) is 12.3. The van der Waals surface area contributed by atoms with Gasteiger partial charge in [-0.05, 0) is 6.42 Å². The maximum absolute atomic E-state index is 10.3. The second-order valence-electron chi connectivity index (χ2n) is 1.76. The van der Waals surface area contributed by atoms with Gasteiger partial charge in [-0.1, -0.05) is 19.6 Å². The number of carboxylic acid groups (broad SMARTS) is 1. The van der Waals surface area contributed by atoms with Crippen molar-refractivity contribution in [3.63, 3.8) is 0 Å². The maximum Gasteiger partial charge on any atom is 0.305 e. The molecule has 0 aliphatic carbocycles. The summed E-state index contributed by atoms with van der Waals surface area (Å²) < 4.78 is 49.8. The standard InChI is InChI=1S/C7H14O3/c1-2-3-4-6(8)5-7(9)10/h6,8H,2-5H2,1H3,(H,9,10)/i1D3,2D2,3D2. The van der Waals surface area contributed by atoms with E-state index in [4.69, 9.17) is 14.7 Å². The third-order valence-corrected chi connectivity index (χ3v) is 0.836. The van der Waals surface area contributed by atoms with Crippen molar-refractivity contribution in [2.24, 2.45) is 0 Å². The normalized spacial score (nSPS) is 27.5. The highest BCUT2D eigenvalue weighted by molar-refractivity contribution is 5.67. The molecule has 0 bridgehead atoms. The molecule has 10 heavy (non-hydrogen) atoms. The number of aliphatic hydroxyl groups is 1. The lowest BCUT2D eigenvalue weighted by Gasteiger charge is -2.04. The van der Waals surface area contributed by atoms with Crippen LogP contribution in [0.2, 0.25) is 0 Å². The minimum Gasteiger partial charge on any atom is -0.481 e. The first-order valence-electron chi connectivity index (χ1n) is 6.21. The molecular formula is C7H14O3. The molecule has 60 valence electrons. The van der Waals surface area contributed by atoms with Crippen molar-refractivity contribution in [3.05, 3.63) is 0 Å². The van der Waals surface area contributed by atoms with Gasteiger partial charge in [0.05, 0.1) is 12.5 Å². The van der Waals surface area contributed by atoms with Gasteiger partial charge in [0.15, 0.2) is 0 Å². The van der Waals surface area contributed by atoms with Gasteiger partial charge in [0, 0.05) is 9.60 Å². The average molecular weight is 153 g/mol. The van der Waals surface area contributed by atoms with Crippen LogP contribution < -0.4 is 0 Å². The molecule has 0 saturated carbocycles. The summed E-state index contributed by atoms with van der Waals surface area (Å²) in [6.45, 7) is -3.19. The van der Waals surface area contributed by atoms with Crippen LogP contribution in [0.1, 0.15) is 42.0 Å². The summed E-state index contributed by atoms with van der Waals surface area (Å²) in [5, 5.41) is 17.6. The van der Waals surface area contributed by atoms with E-state index in [0.29, 0.717) is 0 Å². The van der Waals surface area contributed by atoms with Gasteiger partial charge >= 0.3 is 5.97 Å². The predicted molar refractivity (Wildman–Crippen MR) is 37.8 cm³/mol. The molecule has 1 unspecified atom stereocenters. The van der Waals surface area contributed by atoms with Crippen molar-refractivity contribution in [2.45, 2.75) is 38.5 Å². The van der Waals surface area contributed by atoms with Crippen LogP contribution in [0, 0.1) is 0 Å². The number of rotatable bonds is 5. The van der Waals surface area contributed by atoms with Crippen LogP contribution >= 0.6 is 0 Å². The van der Waals surface area contributed by atoms with Crippen molar-refractivity contribution in [1.29, 1.82) is 0 Å². The van der Waals surface area contributed by atoms with Crippen LogP contribution in [-0.2, 0) is 4.79 Å². The summed E-state index contributed by atoms with van der Waals surface area (Å²) in [7, 11) is 0. The molecule has 0 saturated heterocycles. The molecule has 0 aromatic rings. The van der Waals surface area contributed by atoms with E-state index in [-0.39, 0.29) is 0 Å². The van der Waals surface area contributed by atoms with Crippen LogP contribution in [0.4, 0.5) is 0 Å². The lowest BCUT2D eigenvalue weighted by atomic mass is 10.1. The van der Waals surface area contributed by atoms with E-state index in [1.54, 1.807) is 0 Å². The number of aliphatic hydroxyl groups excluding tert-OH is 1. The Hall–Kier alpha value is -0.570. The fourth-order valence-corrected chi connectivity index (χ4v) is 0.443. The van der Waals surface area contributed by atoms with Gasteiger partial charge in [0.2, 0.25) is 0 Å². The quantitative estimate of drug-likeness (QED) is 0.619. The zero-order chi connectivity index (χ0) is 14.1. The van der Waals surface area contributed by atoms with Gasteiger partial charge in [-0.3, -0.25) is 4.79 Å². The fourth-order valence-electron chi connectivity index (χ4n) is 0.443. The van der Waals surface area contributed by atoms with Crippen molar-refractivity contribution < 1.29 is 24.6 Å². The van der Waals surface area contributed by atoms with Crippen LogP contribution in [-0.4, -0.2) is 22.3 Å². The third kappa shape index (κ3) is 5.56. The van der Waals surface area contributed by atoms with E-state index in [0.717, 1.165) is 0 Å². The lowest BCUT2D eigenvalue weighted by Crippen LogP contribution is -2.12. The molecule has 3 nitrogen and oxygen atoms in total. The molecule has 1 atom stereocenters. The van der Waals surface area contributed by atoms with E-state index in [2.05, 4.69) is 0 Å². The lowest BCUT2D eigenvalue weighted by molar-refractivity contribution is -0.139. The van der Waals surface area contributed by atoms with Crippen LogP contribution in [0.25, 0.3) is 0 Å². The molecule has 2 N–H and O–H groups in total. The highest BCUT2D eigenvalue weighted by atomic mass is 16.4. The Labute approximate surface area is 70.5 Å². The molecule has 0 heterocycles. The Morgan fingerprint density at radius 3 is 3.10 bits per heavy atom. The molecule has 0 spiro atoms. The average Bonchev–Trinajstić information content (AvgIpc) is 1.97. The zero-order valence-corrected chi connectivity index (χ0v) is 5.29. The second kappa shape index (κ2) is 5.23. The fraction of sp³-hybridized carbons (Fsp3) is 0.857. The van der Waals surface area contributed by atoms with Crippen molar-refractivity contribution >= 4 is 5.97 Å². The molecule has 0 amide bonds. The number of aliphatic carboxylic acids is 1. The molecule has 0 aliphatic rings. The summed E-state index contributed by atoms with van der Waals surface area (Å²) in [5.41, 5.74) is 0. The topological polar surface area (TPSA) is 57.5 Å². The van der Waals surface area contributed by atoms with E-state index >= 15 is 0 Å². The van der Waals surface area contributed by atoms with Crippen molar-refractivity contribution in [1.82, 2.24) is 0 Å². The van der Waals surface area contributed by atoms with Gasteiger partial charge < -0.3 is 10.2 Å². The van der Waals surface area contributed by atoms with Crippen molar-refractivity contribution in [2.75, 3.05) is 0 Å². The predicted octanol–water partition coefficient (Wildman–Crippen LogP) is 1.01. The van der Waals surface area contributed by atoms with Crippen molar-refractivity contribution in [3.8, 4) is 0 Å². The Morgan fingerprint density at radius 1 is 1.90 bits per heavy atom. The number of hydrogen-bond acceptors (Lipinski definition) is 2. The number of carboxylic acids is 1. The molecule has 0 aromatic heterocycles. The van der Waals surface area contributed by atoms with Gasteiger partial charge in [-0.15, -0.1) is 0 Å². The first-order valence-corrected chi connectivity index (χ1v) is 2.71. The van der Waals surface area contributed by atoms with E-state index in [9.17, 15) is 9.90 Å². The second-order valence-corrected chi connectivity index (χ2v) is 1.76. The molecule has 0 fully saturated rings. The minimum atomic E-state index is -3.19. The van der Waals surface area contributed by atoms with Gasteiger partial charge in [0.1, 0.15) is 0 Å². The Balaban J connectivity index is 4.84. The monoisotopic (exact) mass is 153 g/mol. The molecular weight excluding hydrogens is 132 g/mol. The summed E-state index contributed by atoms with van der Waals surface area (Å²) in [6.07, 6.45) is -9.33. The summed E-state index contributed by atoms with van der Waals surface area (Å²) >= 11 is 0. The summed E-state index contributed by atoms with van der Waals surface area (Å²) in [5.74, 6) is -1.37. The summed E-state index contributed by atoms with van der Waals surface area (Å²) in [4.78, 5) is 10.3. The van der Waals surface area contributed by atoms with E-state index < -0.39 is 44.5 Å². The van der Waals surface area contributed by atoms with Crippen LogP contribution in [0.15, 0.2) is 0 Å². The summed E-state index contributed by atoms with van der Waals surface area (Å²) in [6, 6.07) is 0. The van der Waals surface area contributed by atoms with E-state index in [1.165, 1.54) is 0 Å². The van der Waals surface area contributed by atoms with Gasteiger partial charge in [0.25, 0.3) is 0 Å². The molecule has 0 aliphatic heterocycles. The first-order chi connectivity index (χ1) is 7.31. The smallest absolute Gasteiger partial charge is 0.305 e. The largest absolute Gasteiger partial charge is 0.481 e. The third-order valence-electron chi connectivity index (χ3n) is 0.836. The highest BCUT2D eigenvalue weighted by Gasteiger charge is 2.07. The molecule has 0 radical (unpaired) electrons. The number of hydrogen-bond donors (Lipinski definition) is 2. The first kappa shape index (κ1) is 2.81. The van der Waals surface area contributed by atoms with Crippen LogP contribution in [0.3, 0.4) is 0 Å². The maximum atomic E-state index is 10.3. The minimum absolute atomic E-state index is 0.767. The molecule has 3 heteroatoms. The molecule has 0 rings (SSSR count). The Kier molecular flexibility index (Phi) is 1.47. The number of carbonyl (C=O) groups is 1. The Morgan fingerprint density at radius 2 is 2.60 bits per heavy atom. The molecule has 0 aromatic carbocycles. The van der Waals surface area contributed by atoms with E-state index in [1.807, 2.05) is 0 Å². The van der Waals surface area contributed by atoms with Gasteiger partial charge in [-0.2, -0.15) is 0 Å². The Bertz CT molecular complexity index is 286. The SMILES string of the molecule is [2H]C([2H])([2H])C([2H])([2H])C([2H])([2H])CC(O)CC(=O)O.